The van der Waals surface area contributed by atoms with Gasteiger partial charge in [-0.3, -0.25) is 14.8 Å². The third-order valence-corrected chi connectivity index (χ3v) is 6.84. The number of fused-ring (bicyclic) bond motifs is 1. The molecule has 29 heavy (non-hydrogen) atoms. The molecule has 0 bridgehead atoms. The van der Waals surface area contributed by atoms with Crippen LogP contribution in [0.1, 0.15) is 40.7 Å². The summed E-state index contributed by atoms with van der Waals surface area (Å²) in [4.78, 5) is 25.5. The van der Waals surface area contributed by atoms with Crippen molar-refractivity contribution in [3.8, 4) is 0 Å². The smallest absolute Gasteiger partial charge is 0.187 e. The predicted molar refractivity (Wildman–Crippen MR) is 110 cm³/mol. The van der Waals surface area contributed by atoms with E-state index in [1.807, 2.05) is 13.8 Å². The highest BCUT2D eigenvalue weighted by molar-refractivity contribution is 8.14. The molecule has 152 valence electrons. The van der Waals surface area contributed by atoms with Crippen LogP contribution in [0.3, 0.4) is 0 Å². The number of thioether (sulfide) groups is 1. The fourth-order valence-corrected chi connectivity index (χ4v) is 5.29. The van der Waals surface area contributed by atoms with E-state index in [2.05, 4.69) is 15.0 Å². The van der Waals surface area contributed by atoms with E-state index >= 15 is 0 Å². The Morgan fingerprint density at radius 1 is 1.38 bits per heavy atom. The lowest BCUT2D eigenvalue weighted by molar-refractivity contribution is 0.0280. The van der Waals surface area contributed by atoms with Crippen LogP contribution in [-0.2, 0) is 16.7 Å². The van der Waals surface area contributed by atoms with Gasteiger partial charge in [0, 0.05) is 36.0 Å². The molecule has 2 aliphatic heterocycles. The number of halogens is 1. The molecule has 4 rings (SSSR count). The molecule has 0 radical (unpaired) electrons. The number of hydrogen-bond acceptors (Lipinski definition) is 7. The maximum absolute atomic E-state index is 14.9. The zero-order valence-electron chi connectivity index (χ0n) is 16.4. The maximum Gasteiger partial charge on any atom is 0.187 e. The van der Waals surface area contributed by atoms with Gasteiger partial charge in [-0.15, -0.1) is 0 Å². The van der Waals surface area contributed by atoms with Crippen molar-refractivity contribution < 1.29 is 13.9 Å². The van der Waals surface area contributed by atoms with Gasteiger partial charge in [0.15, 0.2) is 11.0 Å². The van der Waals surface area contributed by atoms with E-state index in [0.29, 0.717) is 35.2 Å². The number of aryl methyl sites for hydroxylation is 1. The summed E-state index contributed by atoms with van der Waals surface area (Å²) >= 11 is 1.54. The molecule has 6 nitrogen and oxygen atoms in total. The molecule has 0 aliphatic carbocycles. The lowest BCUT2D eigenvalue weighted by Crippen LogP contribution is -2.48. The summed E-state index contributed by atoms with van der Waals surface area (Å²) < 4.78 is 20.6. The summed E-state index contributed by atoms with van der Waals surface area (Å²) in [6, 6.07) is 4.75. The van der Waals surface area contributed by atoms with Gasteiger partial charge in [0.05, 0.1) is 24.0 Å². The zero-order valence-corrected chi connectivity index (χ0v) is 17.2. The summed E-state index contributed by atoms with van der Waals surface area (Å²) in [5.74, 6) is -0.509. The van der Waals surface area contributed by atoms with Gasteiger partial charge < -0.3 is 10.5 Å². The molecule has 1 saturated heterocycles. The van der Waals surface area contributed by atoms with Crippen LogP contribution in [0.15, 0.2) is 35.6 Å². The van der Waals surface area contributed by atoms with Crippen molar-refractivity contribution in [2.75, 3.05) is 13.2 Å². The number of ether oxygens (including phenoxy) is 1. The van der Waals surface area contributed by atoms with E-state index in [0.717, 1.165) is 12.1 Å². The number of carbonyl (C=O) groups is 1. The van der Waals surface area contributed by atoms with E-state index in [-0.39, 0.29) is 29.2 Å². The third kappa shape index (κ3) is 3.91. The molecule has 0 spiro atoms. The van der Waals surface area contributed by atoms with Crippen LogP contribution in [0.5, 0.6) is 0 Å². The summed E-state index contributed by atoms with van der Waals surface area (Å²) in [7, 11) is 0. The number of aromatic nitrogens is 2. The Balaban J connectivity index is 1.66. The molecule has 1 aromatic carbocycles. The molecule has 8 heteroatoms. The fourth-order valence-electron chi connectivity index (χ4n) is 4.02. The number of nitrogens with two attached hydrogens (primary N) is 1. The van der Waals surface area contributed by atoms with Crippen molar-refractivity contribution in [3.63, 3.8) is 0 Å². The van der Waals surface area contributed by atoms with Crippen molar-refractivity contribution in [1.29, 1.82) is 0 Å². The average Bonchev–Trinajstić information content (AvgIpc) is 2.69. The number of rotatable bonds is 4. The van der Waals surface area contributed by atoms with Crippen LogP contribution in [-0.4, -0.2) is 39.4 Å². The molecule has 2 aliphatic rings. The monoisotopic (exact) mass is 414 g/mol. The Morgan fingerprint density at radius 3 is 2.97 bits per heavy atom. The molecule has 1 fully saturated rings. The van der Waals surface area contributed by atoms with Crippen molar-refractivity contribution in [2.24, 2.45) is 16.6 Å². The van der Waals surface area contributed by atoms with Crippen LogP contribution >= 0.6 is 11.8 Å². The second kappa shape index (κ2) is 7.84. The van der Waals surface area contributed by atoms with Gasteiger partial charge in [0.1, 0.15) is 11.5 Å². The van der Waals surface area contributed by atoms with E-state index < -0.39 is 5.54 Å². The topological polar surface area (TPSA) is 90.5 Å². The van der Waals surface area contributed by atoms with Crippen LogP contribution in [0.4, 0.5) is 4.39 Å². The van der Waals surface area contributed by atoms with Crippen molar-refractivity contribution >= 4 is 22.7 Å². The average molecular weight is 415 g/mol. The van der Waals surface area contributed by atoms with Crippen LogP contribution in [0, 0.1) is 18.7 Å². The molecule has 0 saturated carbocycles. The minimum atomic E-state index is -0.840. The quantitative estimate of drug-likeness (QED) is 0.774. The summed E-state index contributed by atoms with van der Waals surface area (Å²) in [5.41, 5.74) is 7.44. The normalized spacial score (nSPS) is 26.5. The molecule has 0 amide bonds. The largest absolute Gasteiger partial charge is 0.381 e. The number of benzene rings is 1. The van der Waals surface area contributed by atoms with Crippen LogP contribution in [0.25, 0.3) is 0 Å². The van der Waals surface area contributed by atoms with Gasteiger partial charge >= 0.3 is 0 Å². The first-order chi connectivity index (χ1) is 13.9. The van der Waals surface area contributed by atoms with E-state index in [1.54, 1.807) is 30.1 Å². The van der Waals surface area contributed by atoms with Crippen molar-refractivity contribution in [2.45, 2.75) is 37.5 Å². The molecule has 2 aromatic rings. The van der Waals surface area contributed by atoms with Crippen molar-refractivity contribution in [1.82, 2.24) is 9.97 Å². The molecule has 2 unspecified atom stereocenters. The van der Waals surface area contributed by atoms with Gasteiger partial charge in [0.25, 0.3) is 0 Å². The lowest BCUT2D eigenvalue weighted by Gasteiger charge is -2.45. The van der Waals surface area contributed by atoms with Crippen LogP contribution < -0.4 is 5.73 Å². The number of carbonyl (C=O) groups excluding carboxylic acids is 1. The molecule has 3 atom stereocenters. The Hall–Kier alpha value is -2.32. The number of amidine groups is 1. The third-order valence-electron chi connectivity index (χ3n) is 5.64. The van der Waals surface area contributed by atoms with Gasteiger partial charge in [-0.2, -0.15) is 0 Å². The number of Topliss-reactive ketones (excluding diaryl/α,β-unsaturated/α-hetero) is 1. The number of nitrogens with zero attached hydrogens (tertiary/aromatic N) is 3. The van der Waals surface area contributed by atoms with E-state index in [1.165, 1.54) is 12.3 Å². The van der Waals surface area contributed by atoms with Crippen molar-refractivity contribution in [3.05, 3.63) is 58.9 Å². The fraction of sp³-hybridized carbons (Fsp3) is 0.429. The highest BCUT2D eigenvalue weighted by Crippen LogP contribution is 2.47. The lowest BCUT2D eigenvalue weighted by atomic mass is 9.76. The number of aliphatic imine (C=N–C) groups is 1. The summed E-state index contributed by atoms with van der Waals surface area (Å²) in [6.07, 6.45) is 3.99. The minimum absolute atomic E-state index is 0.0111. The summed E-state index contributed by atoms with van der Waals surface area (Å²) in [6.45, 7) is 4.89. The Morgan fingerprint density at radius 2 is 2.21 bits per heavy atom. The zero-order chi connectivity index (χ0) is 20.6. The Labute approximate surface area is 173 Å². The second-order valence-electron chi connectivity index (χ2n) is 7.68. The first-order valence-corrected chi connectivity index (χ1v) is 10.5. The van der Waals surface area contributed by atoms with E-state index in [4.69, 9.17) is 10.5 Å². The number of hydrogen-bond donors (Lipinski definition) is 1. The predicted octanol–water partition coefficient (Wildman–Crippen LogP) is 3.03. The Bertz CT molecular complexity index is 966. The maximum atomic E-state index is 14.9. The highest BCUT2D eigenvalue weighted by Gasteiger charge is 2.47. The first kappa shape index (κ1) is 20.0. The molecule has 2 N–H and O–H groups in total. The Kier molecular flexibility index (Phi) is 5.40. The minimum Gasteiger partial charge on any atom is -0.381 e. The first-order valence-electron chi connectivity index (χ1n) is 9.57. The molecule has 1 aromatic heterocycles. The second-order valence-corrected chi connectivity index (χ2v) is 8.94. The molecular weight excluding hydrogens is 391 g/mol. The SMILES string of the molecule is Cc1cnc(C(=O)Cc2ccc(F)c([C@@]3(C)N=C(N)SC4CCOCC43)c2)cn1. The van der Waals surface area contributed by atoms with Gasteiger partial charge in [-0.1, -0.05) is 17.8 Å². The van der Waals surface area contributed by atoms with E-state index in [9.17, 15) is 9.18 Å². The molecular formula is C21H23FN4O2S. The van der Waals surface area contributed by atoms with Gasteiger partial charge in [0.2, 0.25) is 0 Å². The van der Waals surface area contributed by atoms with Gasteiger partial charge in [-0.05, 0) is 38.0 Å². The van der Waals surface area contributed by atoms with Gasteiger partial charge in [-0.25, -0.2) is 9.37 Å². The molecule has 3 heterocycles. The number of ketones is 1. The standard InChI is InChI=1S/C21H23FN4O2S/c1-12-9-25-17(10-24-12)18(27)8-13-3-4-16(22)14(7-13)21(2)15-11-28-6-5-19(15)29-20(23)26-21/h3-4,7,9-10,15,19H,5-6,8,11H2,1-2H3,(H2,23,26)/t15?,19?,21-/m1/s1. The summed E-state index contributed by atoms with van der Waals surface area (Å²) in [5, 5.41) is 0.699. The highest BCUT2D eigenvalue weighted by atomic mass is 32.2. The van der Waals surface area contributed by atoms with Crippen LogP contribution in [0.2, 0.25) is 0 Å².